The third-order valence-electron chi connectivity index (χ3n) is 4.41. The number of likely N-dealkylation sites (tertiary alicyclic amines) is 1. The first-order valence-electron chi connectivity index (χ1n) is 8.77. The average Bonchev–Trinajstić information content (AvgIpc) is 3.28. The smallest absolute Gasteiger partial charge is 0.411 e. The molecule has 2 amide bonds. The van der Waals surface area contributed by atoms with Crippen molar-refractivity contribution in [2.75, 3.05) is 11.9 Å². The van der Waals surface area contributed by atoms with Gasteiger partial charge in [-0.05, 0) is 57.2 Å². The van der Waals surface area contributed by atoms with Crippen LogP contribution in [0, 0.1) is 0 Å². The van der Waals surface area contributed by atoms with Crippen LogP contribution >= 0.6 is 0 Å². The Bertz CT molecular complexity index is 650. The molecule has 1 aliphatic carbocycles. The average molecular weight is 348 g/mol. The van der Waals surface area contributed by atoms with Gasteiger partial charge in [0.25, 0.3) is 0 Å². The van der Waals surface area contributed by atoms with Crippen LogP contribution in [0.2, 0.25) is 0 Å². The summed E-state index contributed by atoms with van der Waals surface area (Å²) in [5, 5.41) is 2.78. The molecule has 1 saturated carbocycles. The lowest BCUT2D eigenvalue weighted by Gasteiger charge is -2.27. The zero-order chi connectivity index (χ0) is 18.2. The number of ether oxygens (including phenoxy) is 1. The van der Waals surface area contributed by atoms with E-state index in [2.05, 4.69) is 5.32 Å². The molecule has 2 fully saturated rings. The second kappa shape index (κ2) is 6.65. The van der Waals surface area contributed by atoms with E-state index >= 15 is 0 Å². The molecule has 25 heavy (non-hydrogen) atoms. The van der Waals surface area contributed by atoms with Crippen molar-refractivity contribution in [3.05, 3.63) is 29.8 Å². The van der Waals surface area contributed by atoms with Gasteiger partial charge < -0.3 is 10.1 Å². The highest BCUT2D eigenvalue weighted by Gasteiger charge is 2.41. The number of anilines is 1. The molecule has 0 radical (unpaired) electrons. The Kier molecular flexibility index (Phi) is 4.71. The van der Waals surface area contributed by atoms with Crippen molar-refractivity contribution >= 4 is 17.7 Å². The molecule has 5 nitrogen and oxygen atoms in total. The number of alkyl halides is 1. The van der Waals surface area contributed by atoms with Gasteiger partial charge in [0, 0.05) is 12.1 Å². The first-order valence-corrected chi connectivity index (χ1v) is 8.77. The zero-order valence-electron chi connectivity index (χ0n) is 14.9. The van der Waals surface area contributed by atoms with E-state index in [-0.39, 0.29) is 18.9 Å². The third-order valence-corrected chi connectivity index (χ3v) is 4.41. The van der Waals surface area contributed by atoms with Gasteiger partial charge >= 0.3 is 6.09 Å². The third kappa shape index (κ3) is 4.50. The number of benzene rings is 1. The Balaban J connectivity index is 1.65. The van der Waals surface area contributed by atoms with Crippen LogP contribution in [0.25, 0.3) is 0 Å². The standard InChI is InChI=1S/C19H25FN2O3/c1-19(2,3)25-18(24)22-11-14(20)10-16(22)17(23)21-15-8-6-13(7-9-15)12-4-5-12/h6-9,12,14,16H,4-5,10-11H2,1-3H3,(H,21,23)/t14-,16+/m0/s1. The van der Waals surface area contributed by atoms with Gasteiger partial charge in [-0.2, -0.15) is 0 Å². The molecule has 1 N–H and O–H groups in total. The summed E-state index contributed by atoms with van der Waals surface area (Å²) in [5.74, 6) is 0.264. The molecule has 6 heteroatoms. The van der Waals surface area contributed by atoms with Crippen molar-refractivity contribution in [3.8, 4) is 0 Å². The maximum atomic E-state index is 13.8. The van der Waals surface area contributed by atoms with E-state index in [1.165, 1.54) is 23.3 Å². The molecule has 1 aliphatic heterocycles. The van der Waals surface area contributed by atoms with E-state index in [1.54, 1.807) is 20.8 Å². The molecule has 1 heterocycles. The minimum absolute atomic E-state index is 0.00870. The molecule has 2 atom stereocenters. The fraction of sp³-hybridized carbons (Fsp3) is 0.579. The summed E-state index contributed by atoms with van der Waals surface area (Å²) in [6.45, 7) is 5.10. The quantitative estimate of drug-likeness (QED) is 0.903. The van der Waals surface area contributed by atoms with Gasteiger partial charge in [0.15, 0.2) is 0 Å². The molecule has 0 spiro atoms. The summed E-state index contributed by atoms with van der Waals surface area (Å²) in [7, 11) is 0. The number of rotatable bonds is 3. The number of carbonyl (C=O) groups is 2. The lowest BCUT2D eigenvalue weighted by molar-refractivity contribution is -0.120. The van der Waals surface area contributed by atoms with Crippen LogP contribution < -0.4 is 5.32 Å². The molecule has 0 unspecified atom stereocenters. The zero-order valence-corrected chi connectivity index (χ0v) is 14.9. The van der Waals surface area contributed by atoms with Crippen molar-refractivity contribution in [2.24, 2.45) is 0 Å². The van der Waals surface area contributed by atoms with Crippen LogP contribution in [-0.4, -0.2) is 41.3 Å². The first kappa shape index (κ1) is 17.7. The van der Waals surface area contributed by atoms with Crippen LogP contribution in [0.5, 0.6) is 0 Å². The van der Waals surface area contributed by atoms with E-state index in [0.717, 1.165) is 0 Å². The number of hydrogen-bond acceptors (Lipinski definition) is 3. The van der Waals surface area contributed by atoms with Crippen molar-refractivity contribution in [3.63, 3.8) is 0 Å². The SMILES string of the molecule is CC(C)(C)OC(=O)N1C[C@@H](F)C[C@@H]1C(=O)Nc1ccc(C2CC2)cc1. The van der Waals surface area contributed by atoms with E-state index in [9.17, 15) is 14.0 Å². The van der Waals surface area contributed by atoms with Gasteiger partial charge in [-0.25, -0.2) is 9.18 Å². The number of nitrogens with one attached hydrogen (secondary N) is 1. The van der Waals surface area contributed by atoms with Gasteiger partial charge in [0.1, 0.15) is 17.8 Å². The summed E-state index contributed by atoms with van der Waals surface area (Å²) in [6, 6.07) is 6.86. The topological polar surface area (TPSA) is 58.6 Å². The Morgan fingerprint density at radius 2 is 1.84 bits per heavy atom. The normalized spacial score (nSPS) is 23.4. The molecule has 3 rings (SSSR count). The number of carbonyl (C=O) groups excluding carboxylic acids is 2. The van der Waals surface area contributed by atoms with Gasteiger partial charge in [-0.15, -0.1) is 0 Å². The summed E-state index contributed by atoms with van der Waals surface area (Å²) in [5.41, 5.74) is 1.24. The van der Waals surface area contributed by atoms with Crippen molar-refractivity contribution < 1.29 is 18.7 Å². The van der Waals surface area contributed by atoms with Crippen LogP contribution in [-0.2, 0) is 9.53 Å². The van der Waals surface area contributed by atoms with Crippen molar-refractivity contribution in [1.82, 2.24) is 4.90 Å². The van der Waals surface area contributed by atoms with Crippen LogP contribution in [0.3, 0.4) is 0 Å². The summed E-state index contributed by atoms with van der Waals surface area (Å²) in [4.78, 5) is 26.0. The molecular formula is C19H25FN2O3. The Morgan fingerprint density at radius 3 is 2.40 bits per heavy atom. The molecule has 1 saturated heterocycles. The van der Waals surface area contributed by atoms with Crippen LogP contribution in [0.15, 0.2) is 24.3 Å². The van der Waals surface area contributed by atoms with Crippen molar-refractivity contribution in [1.29, 1.82) is 0 Å². The highest BCUT2D eigenvalue weighted by molar-refractivity contribution is 5.97. The predicted molar refractivity (Wildman–Crippen MR) is 93.3 cm³/mol. The second-order valence-electron chi connectivity index (χ2n) is 7.87. The van der Waals surface area contributed by atoms with Gasteiger partial charge in [-0.3, -0.25) is 9.69 Å². The molecule has 2 aliphatic rings. The molecule has 0 bridgehead atoms. The highest BCUT2D eigenvalue weighted by atomic mass is 19.1. The summed E-state index contributed by atoms with van der Waals surface area (Å²) < 4.78 is 19.1. The van der Waals surface area contributed by atoms with Crippen LogP contribution in [0.1, 0.15) is 51.5 Å². The summed E-state index contributed by atoms with van der Waals surface area (Å²) in [6.07, 6.45) is 0.551. The van der Waals surface area contributed by atoms with Crippen molar-refractivity contribution in [2.45, 2.75) is 63.8 Å². The van der Waals surface area contributed by atoms with Gasteiger partial charge in [0.05, 0.1) is 6.54 Å². The largest absolute Gasteiger partial charge is 0.444 e. The van der Waals surface area contributed by atoms with Gasteiger partial charge in [-0.1, -0.05) is 12.1 Å². The van der Waals surface area contributed by atoms with E-state index in [1.807, 2.05) is 24.3 Å². The Labute approximate surface area is 147 Å². The molecule has 136 valence electrons. The minimum Gasteiger partial charge on any atom is -0.444 e. The minimum atomic E-state index is -1.22. The lowest BCUT2D eigenvalue weighted by atomic mass is 10.1. The fourth-order valence-electron chi connectivity index (χ4n) is 3.04. The van der Waals surface area contributed by atoms with E-state index in [0.29, 0.717) is 11.6 Å². The van der Waals surface area contributed by atoms with E-state index in [4.69, 9.17) is 4.74 Å². The Hall–Kier alpha value is -2.11. The van der Waals surface area contributed by atoms with Gasteiger partial charge in [0.2, 0.25) is 5.91 Å². The Morgan fingerprint density at radius 1 is 1.20 bits per heavy atom. The molecule has 0 aromatic heterocycles. The maximum absolute atomic E-state index is 13.8. The van der Waals surface area contributed by atoms with Crippen LogP contribution in [0.4, 0.5) is 14.9 Å². The van der Waals surface area contributed by atoms with E-state index < -0.39 is 23.9 Å². The fourth-order valence-corrected chi connectivity index (χ4v) is 3.04. The molecule has 1 aromatic carbocycles. The monoisotopic (exact) mass is 348 g/mol. The number of nitrogens with zero attached hydrogens (tertiary/aromatic N) is 1. The highest BCUT2D eigenvalue weighted by Crippen LogP contribution is 2.40. The number of hydrogen-bond donors (Lipinski definition) is 1. The molecule has 1 aromatic rings. The maximum Gasteiger partial charge on any atom is 0.411 e. The lowest BCUT2D eigenvalue weighted by Crippen LogP contribution is -2.45. The number of amides is 2. The molecular weight excluding hydrogens is 323 g/mol. The second-order valence-corrected chi connectivity index (χ2v) is 7.87. The predicted octanol–water partition coefficient (Wildman–Crippen LogP) is 3.85. The number of halogens is 1. The summed E-state index contributed by atoms with van der Waals surface area (Å²) >= 11 is 0. The first-order chi connectivity index (χ1) is 11.7.